The molecule has 1 heterocycles. The zero-order chi connectivity index (χ0) is 16.0. The Morgan fingerprint density at radius 3 is 2.48 bits per heavy atom. The smallest absolute Gasteiger partial charge is 0.330 e. The summed E-state index contributed by atoms with van der Waals surface area (Å²) in [6, 6.07) is 2.03. The zero-order valence-electron chi connectivity index (χ0n) is 12.1. The SMILES string of the molecule is CC(C)CC(CN)CC(=O)Nc1ccc(C(F)(F)F)nc1. The molecule has 1 aromatic heterocycles. The van der Waals surface area contributed by atoms with Crippen molar-refractivity contribution in [3.63, 3.8) is 0 Å². The Hall–Kier alpha value is -1.63. The fraction of sp³-hybridized carbons (Fsp3) is 0.571. The zero-order valence-corrected chi connectivity index (χ0v) is 12.1. The number of anilines is 1. The van der Waals surface area contributed by atoms with E-state index < -0.39 is 11.9 Å². The number of nitrogens with one attached hydrogen (secondary N) is 1. The molecular weight excluding hydrogens is 283 g/mol. The van der Waals surface area contributed by atoms with E-state index in [1.54, 1.807) is 0 Å². The molecule has 1 amide bonds. The van der Waals surface area contributed by atoms with Crippen LogP contribution in [0.5, 0.6) is 0 Å². The number of halogens is 3. The van der Waals surface area contributed by atoms with Crippen LogP contribution in [0.3, 0.4) is 0 Å². The molecule has 0 aliphatic heterocycles. The van der Waals surface area contributed by atoms with Gasteiger partial charge in [-0.1, -0.05) is 13.8 Å². The van der Waals surface area contributed by atoms with Gasteiger partial charge in [-0.25, -0.2) is 4.98 Å². The lowest BCUT2D eigenvalue weighted by Gasteiger charge is -2.16. The first-order valence-corrected chi connectivity index (χ1v) is 6.75. The lowest BCUT2D eigenvalue weighted by Crippen LogP contribution is -2.23. The van der Waals surface area contributed by atoms with E-state index >= 15 is 0 Å². The van der Waals surface area contributed by atoms with Crippen LogP contribution in [0.1, 0.15) is 32.4 Å². The standard InChI is InChI=1S/C14H20F3N3O/c1-9(2)5-10(7-18)6-13(21)20-11-3-4-12(19-8-11)14(15,16)17/h3-4,8-10H,5-7,18H2,1-2H3,(H,20,21). The minimum absolute atomic E-state index is 0.0624. The molecule has 1 atom stereocenters. The lowest BCUT2D eigenvalue weighted by molar-refractivity contribution is -0.141. The Morgan fingerprint density at radius 1 is 1.38 bits per heavy atom. The second kappa shape index (κ2) is 7.40. The molecule has 1 unspecified atom stereocenters. The van der Waals surface area contributed by atoms with Gasteiger partial charge in [0.15, 0.2) is 0 Å². The monoisotopic (exact) mass is 303 g/mol. The molecule has 0 spiro atoms. The maximum Gasteiger partial charge on any atom is 0.433 e. The molecule has 0 saturated heterocycles. The van der Waals surface area contributed by atoms with Crippen LogP contribution in [0.2, 0.25) is 0 Å². The molecule has 0 radical (unpaired) electrons. The number of rotatable bonds is 6. The van der Waals surface area contributed by atoms with Crippen LogP contribution in [0.15, 0.2) is 18.3 Å². The van der Waals surface area contributed by atoms with E-state index in [1.807, 2.05) is 13.8 Å². The lowest BCUT2D eigenvalue weighted by atomic mass is 9.94. The third kappa shape index (κ3) is 6.12. The number of pyridine rings is 1. The van der Waals surface area contributed by atoms with E-state index in [9.17, 15) is 18.0 Å². The van der Waals surface area contributed by atoms with E-state index in [2.05, 4.69) is 10.3 Å². The van der Waals surface area contributed by atoms with Gasteiger partial charge in [0.2, 0.25) is 5.91 Å². The van der Waals surface area contributed by atoms with Crippen molar-refractivity contribution in [2.45, 2.75) is 32.9 Å². The molecule has 4 nitrogen and oxygen atoms in total. The number of alkyl halides is 3. The van der Waals surface area contributed by atoms with Crippen molar-refractivity contribution in [1.82, 2.24) is 4.98 Å². The number of nitrogens with two attached hydrogens (primary N) is 1. The van der Waals surface area contributed by atoms with Crippen molar-refractivity contribution in [2.75, 3.05) is 11.9 Å². The molecule has 0 aliphatic carbocycles. The molecule has 3 N–H and O–H groups in total. The van der Waals surface area contributed by atoms with Crippen LogP contribution in [-0.2, 0) is 11.0 Å². The number of amides is 1. The third-order valence-corrected chi connectivity index (χ3v) is 2.95. The maximum atomic E-state index is 12.4. The van der Waals surface area contributed by atoms with Gasteiger partial charge >= 0.3 is 6.18 Å². The fourth-order valence-corrected chi connectivity index (χ4v) is 2.04. The highest BCUT2D eigenvalue weighted by Crippen LogP contribution is 2.27. The summed E-state index contributed by atoms with van der Waals surface area (Å²) >= 11 is 0. The molecule has 0 saturated carbocycles. The Labute approximate surface area is 121 Å². The van der Waals surface area contributed by atoms with Gasteiger partial charge in [0.1, 0.15) is 5.69 Å². The first-order valence-electron chi connectivity index (χ1n) is 6.75. The van der Waals surface area contributed by atoms with E-state index in [0.717, 1.165) is 18.7 Å². The van der Waals surface area contributed by atoms with Crippen LogP contribution in [0.25, 0.3) is 0 Å². The third-order valence-electron chi connectivity index (χ3n) is 2.95. The Balaban J connectivity index is 2.58. The molecule has 7 heteroatoms. The van der Waals surface area contributed by atoms with Crippen LogP contribution in [0.4, 0.5) is 18.9 Å². The second-order valence-electron chi connectivity index (χ2n) is 5.41. The first-order chi connectivity index (χ1) is 9.72. The van der Waals surface area contributed by atoms with Gasteiger partial charge in [0.05, 0.1) is 11.9 Å². The van der Waals surface area contributed by atoms with Crippen molar-refractivity contribution >= 4 is 11.6 Å². The number of carbonyl (C=O) groups is 1. The van der Waals surface area contributed by atoms with Crippen LogP contribution < -0.4 is 11.1 Å². The van der Waals surface area contributed by atoms with Gasteiger partial charge in [-0.2, -0.15) is 13.2 Å². The van der Waals surface area contributed by atoms with Gasteiger partial charge in [0, 0.05) is 6.42 Å². The number of hydrogen-bond donors (Lipinski definition) is 2. The average molecular weight is 303 g/mol. The normalized spacial score (nSPS) is 13.3. The molecule has 118 valence electrons. The summed E-state index contributed by atoms with van der Waals surface area (Å²) in [5.74, 6) is 0.221. The largest absolute Gasteiger partial charge is 0.433 e. The summed E-state index contributed by atoms with van der Waals surface area (Å²) in [6.07, 6.45) is -2.41. The molecule has 0 aromatic carbocycles. The highest BCUT2D eigenvalue weighted by atomic mass is 19.4. The Morgan fingerprint density at radius 2 is 2.05 bits per heavy atom. The summed E-state index contributed by atoms with van der Waals surface area (Å²) in [5.41, 5.74) is 4.87. The molecule has 0 bridgehead atoms. The maximum absolute atomic E-state index is 12.4. The van der Waals surface area contributed by atoms with Gasteiger partial charge in [-0.05, 0) is 36.9 Å². The predicted octanol–water partition coefficient (Wildman–Crippen LogP) is 3.05. The molecule has 0 fully saturated rings. The highest BCUT2D eigenvalue weighted by molar-refractivity contribution is 5.90. The van der Waals surface area contributed by atoms with Crippen LogP contribution in [0, 0.1) is 11.8 Å². The van der Waals surface area contributed by atoms with Crippen molar-refractivity contribution in [1.29, 1.82) is 0 Å². The Kier molecular flexibility index (Phi) is 6.14. The van der Waals surface area contributed by atoms with E-state index in [4.69, 9.17) is 5.73 Å². The molecular formula is C14H20F3N3O. The van der Waals surface area contributed by atoms with Crippen molar-refractivity contribution < 1.29 is 18.0 Å². The summed E-state index contributed by atoms with van der Waals surface area (Å²) in [4.78, 5) is 15.1. The number of nitrogens with zero attached hydrogens (tertiary/aromatic N) is 1. The minimum Gasteiger partial charge on any atom is -0.330 e. The molecule has 21 heavy (non-hydrogen) atoms. The first kappa shape index (κ1) is 17.4. The number of aromatic nitrogens is 1. The quantitative estimate of drug-likeness (QED) is 0.848. The van der Waals surface area contributed by atoms with Crippen molar-refractivity contribution in [3.8, 4) is 0 Å². The molecule has 0 aliphatic rings. The second-order valence-corrected chi connectivity index (χ2v) is 5.41. The van der Waals surface area contributed by atoms with Gasteiger partial charge in [-0.3, -0.25) is 4.79 Å². The topological polar surface area (TPSA) is 68.0 Å². The highest BCUT2D eigenvalue weighted by Gasteiger charge is 2.32. The fourth-order valence-electron chi connectivity index (χ4n) is 2.04. The van der Waals surface area contributed by atoms with Crippen LogP contribution in [-0.4, -0.2) is 17.4 Å². The Bertz CT molecular complexity index is 458. The minimum atomic E-state index is -4.48. The van der Waals surface area contributed by atoms with Gasteiger partial charge in [-0.15, -0.1) is 0 Å². The summed E-state index contributed by atoms with van der Waals surface area (Å²) in [7, 11) is 0. The molecule has 1 aromatic rings. The van der Waals surface area contributed by atoms with Gasteiger partial charge in [0.25, 0.3) is 0 Å². The summed E-state index contributed by atoms with van der Waals surface area (Å²) in [5, 5.41) is 2.53. The number of hydrogen-bond acceptors (Lipinski definition) is 3. The van der Waals surface area contributed by atoms with Crippen LogP contribution >= 0.6 is 0 Å². The summed E-state index contributed by atoms with van der Waals surface area (Å²) < 4.78 is 37.1. The predicted molar refractivity (Wildman–Crippen MR) is 74.5 cm³/mol. The van der Waals surface area contributed by atoms with E-state index in [0.29, 0.717) is 12.5 Å². The van der Waals surface area contributed by atoms with E-state index in [-0.39, 0.29) is 23.9 Å². The summed E-state index contributed by atoms with van der Waals surface area (Å²) in [6.45, 7) is 4.48. The number of carbonyl (C=O) groups excluding carboxylic acids is 1. The average Bonchev–Trinajstić information content (AvgIpc) is 2.36. The van der Waals surface area contributed by atoms with Gasteiger partial charge < -0.3 is 11.1 Å². The van der Waals surface area contributed by atoms with E-state index in [1.165, 1.54) is 6.07 Å². The molecule has 1 rings (SSSR count). The van der Waals surface area contributed by atoms with Crippen molar-refractivity contribution in [2.24, 2.45) is 17.6 Å². The van der Waals surface area contributed by atoms with Crippen molar-refractivity contribution in [3.05, 3.63) is 24.0 Å².